The van der Waals surface area contributed by atoms with Gasteiger partial charge in [-0.05, 0) is 43.4 Å². The van der Waals surface area contributed by atoms with Gasteiger partial charge in [0, 0.05) is 12.2 Å². The van der Waals surface area contributed by atoms with Crippen LogP contribution in [-0.2, 0) is 0 Å². The first-order chi connectivity index (χ1) is 12.5. The summed E-state index contributed by atoms with van der Waals surface area (Å²) in [6.07, 6.45) is 1.56. The maximum atomic E-state index is 9.63. The van der Waals surface area contributed by atoms with E-state index >= 15 is 0 Å². The summed E-state index contributed by atoms with van der Waals surface area (Å²) in [5.74, 6) is 0.845. The SMILES string of the molecule is CCNC(=S)Nc1ccc2ncc(Nc3cc(Cl)c(O)c(Cl)c3)nc2n1. The van der Waals surface area contributed by atoms with Crippen LogP contribution in [-0.4, -0.2) is 31.7 Å². The number of phenolic OH excluding ortho intramolecular Hbond substituents is 1. The maximum absolute atomic E-state index is 9.63. The molecule has 0 unspecified atom stereocenters. The monoisotopic (exact) mass is 408 g/mol. The van der Waals surface area contributed by atoms with Crippen LogP contribution in [0.4, 0.5) is 17.3 Å². The van der Waals surface area contributed by atoms with Crippen molar-refractivity contribution in [1.82, 2.24) is 20.3 Å². The molecule has 0 spiro atoms. The lowest BCUT2D eigenvalue weighted by Crippen LogP contribution is -2.28. The number of halogens is 2. The molecule has 0 atom stereocenters. The third kappa shape index (κ3) is 4.21. The number of aromatic nitrogens is 3. The Hall–Kier alpha value is -2.42. The standard InChI is InChI=1S/C16H14Cl2N6OS/c1-2-19-16(26)24-12-4-3-11-15(22-12)23-13(7-20-11)21-8-5-9(17)14(25)10(18)6-8/h3-7,25H,2H2,1H3,(H3,19,21,22,23,24,26). The van der Waals surface area contributed by atoms with Crippen LogP contribution in [0, 0.1) is 0 Å². The number of pyridine rings is 1. The number of nitrogens with one attached hydrogen (secondary N) is 3. The predicted octanol–water partition coefficient (Wildman–Crippen LogP) is 4.09. The lowest BCUT2D eigenvalue weighted by atomic mass is 10.3. The summed E-state index contributed by atoms with van der Waals surface area (Å²) in [5.41, 5.74) is 1.64. The lowest BCUT2D eigenvalue weighted by Gasteiger charge is -2.10. The molecule has 3 rings (SSSR count). The summed E-state index contributed by atoms with van der Waals surface area (Å²) in [7, 11) is 0. The van der Waals surface area contributed by atoms with Crippen LogP contribution < -0.4 is 16.0 Å². The third-order valence-corrected chi connectivity index (χ3v) is 4.10. The molecule has 134 valence electrons. The molecule has 2 heterocycles. The van der Waals surface area contributed by atoms with Crippen molar-refractivity contribution in [2.24, 2.45) is 0 Å². The van der Waals surface area contributed by atoms with E-state index in [-0.39, 0.29) is 15.8 Å². The number of rotatable bonds is 4. The zero-order chi connectivity index (χ0) is 18.7. The van der Waals surface area contributed by atoms with Gasteiger partial charge >= 0.3 is 0 Å². The summed E-state index contributed by atoms with van der Waals surface area (Å²) < 4.78 is 0. The van der Waals surface area contributed by atoms with E-state index in [1.165, 1.54) is 12.1 Å². The molecule has 0 saturated carbocycles. The fraction of sp³-hybridized carbons (Fsp3) is 0.125. The van der Waals surface area contributed by atoms with Crippen LogP contribution >= 0.6 is 35.4 Å². The Kier molecular flexibility index (Phi) is 5.55. The highest BCUT2D eigenvalue weighted by Gasteiger charge is 2.09. The van der Waals surface area contributed by atoms with E-state index in [4.69, 9.17) is 35.4 Å². The molecule has 0 aliphatic heterocycles. The minimum Gasteiger partial charge on any atom is -0.505 e. The number of benzene rings is 1. The molecular weight excluding hydrogens is 395 g/mol. The van der Waals surface area contributed by atoms with Gasteiger partial charge in [-0.25, -0.2) is 15.0 Å². The Labute approximate surface area is 164 Å². The summed E-state index contributed by atoms with van der Waals surface area (Å²) in [6.45, 7) is 2.66. The third-order valence-electron chi connectivity index (χ3n) is 3.28. The van der Waals surface area contributed by atoms with Crippen molar-refractivity contribution in [3.63, 3.8) is 0 Å². The topological polar surface area (TPSA) is 95.0 Å². The van der Waals surface area contributed by atoms with E-state index in [1.54, 1.807) is 18.3 Å². The van der Waals surface area contributed by atoms with Crippen molar-refractivity contribution in [3.05, 3.63) is 40.5 Å². The van der Waals surface area contributed by atoms with Gasteiger partial charge < -0.3 is 21.1 Å². The van der Waals surface area contributed by atoms with Gasteiger partial charge in [0.25, 0.3) is 0 Å². The van der Waals surface area contributed by atoms with E-state index < -0.39 is 0 Å². The van der Waals surface area contributed by atoms with Crippen molar-refractivity contribution >= 4 is 69.0 Å². The highest BCUT2D eigenvalue weighted by molar-refractivity contribution is 7.80. The van der Waals surface area contributed by atoms with Crippen molar-refractivity contribution in [2.45, 2.75) is 6.92 Å². The number of aromatic hydroxyl groups is 1. The molecule has 0 bridgehead atoms. The molecular formula is C16H14Cl2N6OS. The molecule has 0 saturated heterocycles. The van der Waals surface area contributed by atoms with Crippen LogP contribution in [0.5, 0.6) is 5.75 Å². The molecule has 7 nitrogen and oxygen atoms in total. The number of hydrogen-bond donors (Lipinski definition) is 4. The van der Waals surface area contributed by atoms with E-state index in [9.17, 15) is 5.11 Å². The van der Waals surface area contributed by atoms with Gasteiger partial charge in [0.1, 0.15) is 11.3 Å². The lowest BCUT2D eigenvalue weighted by molar-refractivity contribution is 0.476. The van der Waals surface area contributed by atoms with Crippen LogP contribution in [0.3, 0.4) is 0 Å². The number of thiocarbonyl (C=S) groups is 1. The van der Waals surface area contributed by atoms with Crippen molar-refractivity contribution in [2.75, 3.05) is 17.2 Å². The zero-order valence-corrected chi connectivity index (χ0v) is 15.9. The molecule has 0 fully saturated rings. The molecule has 0 aliphatic carbocycles. The minimum absolute atomic E-state index is 0.135. The van der Waals surface area contributed by atoms with Gasteiger partial charge in [-0.15, -0.1) is 0 Å². The first-order valence-electron chi connectivity index (χ1n) is 7.60. The number of fused-ring (bicyclic) bond motifs is 1. The summed E-state index contributed by atoms with van der Waals surface area (Å²) >= 11 is 17.0. The Morgan fingerprint density at radius 3 is 2.54 bits per heavy atom. The molecule has 10 heteroatoms. The Morgan fingerprint density at radius 2 is 1.85 bits per heavy atom. The van der Waals surface area contributed by atoms with Crippen LogP contribution in [0.15, 0.2) is 30.5 Å². The minimum atomic E-state index is -0.169. The molecule has 3 aromatic rings. The van der Waals surface area contributed by atoms with Gasteiger partial charge in [0.05, 0.1) is 16.2 Å². The fourth-order valence-corrected chi connectivity index (χ4v) is 2.87. The Bertz CT molecular complexity index is 961. The number of anilines is 3. The molecule has 1 aromatic carbocycles. The Balaban J connectivity index is 1.87. The molecule has 26 heavy (non-hydrogen) atoms. The van der Waals surface area contributed by atoms with Crippen molar-refractivity contribution in [1.29, 1.82) is 0 Å². The number of nitrogens with zero attached hydrogens (tertiary/aromatic N) is 3. The number of hydrogen-bond acceptors (Lipinski definition) is 6. The molecule has 4 N–H and O–H groups in total. The van der Waals surface area contributed by atoms with Gasteiger partial charge in [-0.2, -0.15) is 0 Å². The largest absolute Gasteiger partial charge is 0.505 e. The molecule has 2 aromatic heterocycles. The quantitative estimate of drug-likeness (QED) is 0.378. The van der Waals surface area contributed by atoms with Gasteiger partial charge in [0.15, 0.2) is 22.3 Å². The highest BCUT2D eigenvalue weighted by atomic mass is 35.5. The summed E-state index contributed by atoms with van der Waals surface area (Å²) in [6, 6.07) is 6.64. The van der Waals surface area contributed by atoms with Crippen molar-refractivity contribution in [3.8, 4) is 5.75 Å². The average molecular weight is 409 g/mol. The summed E-state index contributed by atoms with van der Waals surface area (Å²) in [5, 5.41) is 19.4. The molecule has 0 amide bonds. The highest BCUT2D eigenvalue weighted by Crippen LogP contribution is 2.35. The second kappa shape index (κ2) is 7.86. The van der Waals surface area contributed by atoms with Crippen LogP contribution in [0.2, 0.25) is 10.0 Å². The van der Waals surface area contributed by atoms with Gasteiger partial charge in [-0.1, -0.05) is 23.2 Å². The fourth-order valence-electron chi connectivity index (χ4n) is 2.13. The molecule has 0 radical (unpaired) electrons. The van der Waals surface area contributed by atoms with Crippen LogP contribution in [0.25, 0.3) is 11.2 Å². The predicted molar refractivity (Wildman–Crippen MR) is 109 cm³/mol. The first-order valence-corrected chi connectivity index (χ1v) is 8.76. The van der Waals surface area contributed by atoms with Crippen LogP contribution in [0.1, 0.15) is 6.92 Å². The van der Waals surface area contributed by atoms with E-state index in [2.05, 4.69) is 30.9 Å². The average Bonchev–Trinajstić information content (AvgIpc) is 2.59. The smallest absolute Gasteiger partial charge is 0.182 e. The Morgan fingerprint density at radius 1 is 1.15 bits per heavy atom. The van der Waals surface area contributed by atoms with Gasteiger partial charge in [0.2, 0.25) is 0 Å². The van der Waals surface area contributed by atoms with Gasteiger partial charge in [-0.3, -0.25) is 0 Å². The zero-order valence-electron chi connectivity index (χ0n) is 13.5. The second-order valence-corrected chi connectivity index (χ2v) is 6.42. The van der Waals surface area contributed by atoms with Crippen molar-refractivity contribution < 1.29 is 5.11 Å². The first kappa shape index (κ1) is 18.4. The van der Waals surface area contributed by atoms with E-state index in [0.29, 0.717) is 40.1 Å². The van der Waals surface area contributed by atoms with E-state index in [1.807, 2.05) is 6.92 Å². The normalized spacial score (nSPS) is 10.6. The molecule has 0 aliphatic rings. The van der Waals surface area contributed by atoms with E-state index in [0.717, 1.165) is 0 Å². The second-order valence-electron chi connectivity index (χ2n) is 5.19. The summed E-state index contributed by atoms with van der Waals surface area (Å²) in [4.78, 5) is 13.2. The number of phenols is 1. The maximum Gasteiger partial charge on any atom is 0.182 e.